The van der Waals surface area contributed by atoms with E-state index in [1.165, 1.54) is 67.2 Å². The van der Waals surface area contributed by atoms with Crippen molar-refractivity contribution in [1.29, 1.82) is 0 Å². The summed E-state index contributed by atoms with van der Waals surface area (Å²) < 4.78 is 0. The molecule has 1 aromatic rings. The quantitative estimate of drug-likeness (QED) is 0.774. The molecule has 1 N–H and O–H groups in total. The van der Waals surface area contributed by atoms with Crippen LogP contribution in [0.15, 0.2) is 12.1 Å². The molecular formula is C19H31N. The summed E-state index contributed by atoms with van der Waals surface area (Å²) in [7, 11) is 2.11. The van der Waals surface area contributed by atoms with Crippen molar-refractivity contribution in [1.82, 2.24) is 5.32 Å². The first-order valence-electron chi connectivity index (χ1n) is 8.37. The average Bonchev–Trinajstić information content (AvgIpc) is 2.46. The zero-order valence-electron chi connectivity index (χ0n) is 13.8. The van der Waals surface area contributed by atoms with Crippen molar-refractivity contribution >= 4 is 0 Å². The van der Waals surface area contributed by atoms with Crippen LogP contribution in [-0.4, -0.2) is 7.05 Å². The fraction of sp³-hybridized carbons (Fsp3) is 0.684. The van der Waals surface area contributed by atoms with Crippen LogP contribution >= 0.6 is 0 Å². The van der Waals surface area contributed by atoms with E-state index in [2.05, 4.69) is 45.3 Å². The lowest BCUT2D eigenvalue weighted by Gasteiger charge is -2.25. The summed E-state index contributed by atoms with van der Waals surface area (Å²) in [4.78, 5) is 0. The smallest absolute Gasteiger partial charge is 0.0320 e. The van der Waals surface area contributed by atoms with Crippen molar-refractivity contribution in [2.45, 2.75) is 71.8 Å². The standard InChI is InChI=1S/C19H31N/c1-14-12-16(3)18(13-15(14)2)19(20-4)11-10-17-8-6-5-7-9-17/h12-13,17,19-20H,5-11H2,1-4H3. The normalized spacial score (nSPS) is 18.2. The maximum atomic E-state index is 3.55. The molecule has 0 amide bonds. The fourth-order valence-corrected chi connectivity index (χ4v) is 3.69. The van der Waals surface area contributed by atoms with Gasteiger partial charge in [0.25, 0.3) is 0 Å². The van der Waals surface area contributed by atoms with Crippen molar-refractivity contribution in [3.63, 3.8) is 0 Å². The minimum absolute atomic E-state index is 0.524. The van der Waals surface area contributed by atoms with Crippen LogP contribution in [0.3, 0.4) is 0 Å². The second-order valence-electron chi connectivity index (χ2n) is 6.72. The van der Waals surface area contributed by atoms with Gasteiger partial charge in [-0.1, -0.05) is 44.2 Å². The van der Waals surface area contributed by atoms with E-state index >= 15 is 0 Å². The van der Waals surface area contributed by atoms with Crippen LogP contribution in [0.4, 0.5) is 0 Å². The van der Waals surface area contributed by atoms with E-state index in [9.17, 15) is 0 Å². The molecule has 1 unspecified atom stereocenters. The Morgan fingerprint density at radius 3 is 2.30 bits per heavy atom. The number of nitrogens with one attached hydrogen (secondary N) is 1. The van der Waals surface area contributed by atoms with E-state index in [4.69, 9.17) is 0 Å². The Balaban J connectivity index is 2.02. The molecule has 0 aromatic heterocycles. The number of hydrogen-bond donors (Lipinski definition) is 1. The van der Waals surface area contributed by atoms with E-state index < -0.39 is 0 Å². The predicted molar refractivity (Wildman–Crippen MR) is 88.3 cm³/mol. The predicted octanol–water partition coefficient (Wildman–Crippen LogP) is 5.23. The second kappa shape index (κ2) is 7.26. The van der Waals surface area contributed by atoms with Crippen LogP contribution in [-0.2, 0) is 0 Å². The van der Waals surface area contributed by atoms with Gasteiger partial charge in [-0.25, -0.2) is 0 Å². The van der Waals surface area contributed by atoms with E-state index in [0.29, 0.717) is 6.04 Å². The lowest BCUT2D eigenvalue weighted by atomic mass is 9.84. The minimum atomic E-state index is 0.524. The molecule has 0 aliphatic heterocycles. The van der Waals surface area contributed by atoms with Crippen molar-refractivity contribution in [2.75, 3.05) is 7.05 Å². The van der Waals surface area contributed by atoms with E-state index in [1.807, 2.05) is 0 Å². The van der Waals surface area contributed by atoms with Gasteiger partial charge >= 0.3 is 0 Å². The van der Waals surface area contributed by atoms with E-state index in [0.717, 1.165) is 5.92 Å². The van der Waals surface area contributed by atoms with Crippen molar-refractivity contribution < 1.29 is 0 Å². The van der Waals surface area contributed by atoms with Crippen molar-refractivity contribution in [3.05, 3.63) is 34.4 Å². The second-order valence-corrected chi connectivity index (χ2v) is 6.72. The van der Waals surface area contributed by atoms with Gasteiger partial charge < -0.3 is 5.32 Å². The van der Waals surface area contributed by atoms with Crippen LogP contribution in [0.5, 0.6) is 0 Å². The van der Waals surface area contributed by atoms with Gasteiger partial charge in [0.2, 0.25) is 0 Å². The third-order valence-corrected chi connectivity index (χ3v) is 5.19. The minimum Gasteiger partial charge on any atom is -0.313 e. The monoisotopic (exact) mass is 273 g/mol. The Labute approximate surface area is 125 Å². The first-order valence-corrected chi connectivity index (χ1v) is 8.37. The lowest BCUT2D eigenvalue weighted by molar-refractivity contribution is 0.317. The highest BCUT2D eigenvalue weighted by molar-refractivity contribution is 5.38. The number of aryl methyl sites for hydroxylation is 3. The van der Waals surface area contributed by atoms with Crippen LogP contribution < -0.4 is 5.32 Å². The molecule has 112 valence electrons. The Morgan fingerprint density at radius 1 is 1.00 bits per heavy atom. The molecule has 20 heavy (non-hydrogen) atoms. The molecule has 0 heterocycles. The Morgan fingerprint density at radius 2 is 1.65 bits per heavy atom. The Hall–Kier alpha value is -0.820. The molecule has 0 radical (unpaired) electrons. The van der Waals surface area contributed by atoms with Crippen molar-refractivity contribution in [3.8, 4) is 0 Å². The molecule has 1 atom stereocenters. The summed E-state index contributed by atoms with van der Waals surface area (Å²) in [6.45, 7) is 6.70. The van der Waals surface area contributed by atoms with Crippen LogP contribution in [0, 0.1) is 26.7 Å². The third kappa shape index (κ3) is 3.85. The Kier molecular flexibility index (Phi) is 5.65. The van der Waals surface area contributed by atoms with E-state index in [-0.39, 0.29) is 0 Å². The number of benzene rings is 1. The highest BCUT2D eigenvalue weighted by Crippen LogP contribution is 2.31. The maximum absolute atomic E-state index is 3.55. The summed E-state index contributed by atoms with van der Waals surface area (Å²) >= 11 is 0. The summed E-state index contributed by atoms with van der Waals surface area (Å²) in [6, 6.07) is 5.26. The number of rotatable bonds is 5. The zero-order chi connectivity index (χ0) is 14.5. The maximum Gasteiger partial charge on any atom is 0.0320 e. The van der Waals surface area contributed by atoms with E-state index in [1.54, 1.807) is 0 Å². The molecule has 0 spiro atoms. The molecule has 1 fully saturated rings. The van der Waals surface area contributed by atoms with Gasteiger partial charge in [0.15, 0.2) is 0 Å². The number of hydrogen-bond acceptors (Lipinski definition) is 1. The van der Waals surface area contributed by atoms with Crippen LogP contribution in [0.1, 0.15) is 73.2 Å². The average molecular weight is 273 g/mol. The molecule has 0 bridgehead atoms. The summed E-state index contributed by atoms with van der Waals surface area (Å²) in [5.74, 6) is 0.978. The molecule has 1 aliphatic rings. The summed E-state index contributed by atoms with van der Waals surface area (Å²) in [6.07, 6.45) is 9.96. The SMILES string of the molecule is CNC(CCC1CCCCC1)c1cc(C)c(C)cc1C. The van der Waals surface area contributed by atoms with Gasteiger partial charge in [0, 0.05) is 6.04 Å². The zero-order valence-corrected chi connectivity index (χ0v) is 13.8. The molecular weight excluding hydrogens is 242 g/mol. The largest absolute Gasteiger partial charge is 0.313 e. The first-order chi connectivity index (χ1) is 9.61. The highest BCUT2D eigenvalue weighted by Gasteiger charge is 2.18. The van der Waals surface area contributed by atoms with Crippen LogP contribution in [0.25, 0.3) is 0 Å². The summed E-state index contributed by atoms with van der Waals surface area (Å²) in [5.41, 5.74) is 5.78. The Bertz CT molecular complexity index is 430. The third-order valence-electron chi connectivity index (χ3n) is 5.19. The first kappa shape index (κ1) is 15.6. The highest BCUT2D eigenvalue weighted by atomic mass is 14.9. The van der Waals surface area contributed by atoms with Gasteiger partial charge in [-0.05, 0) is 68.8 Å². The molecule has 1 saturated carbocycles. The van der Waals surface area contributed by atoms with Crippen molar-refractivity contribution in [2.24, 2.45) is 5.92 Å². The molecule has 1 aromatic carbocycles. The van der Waals surface area contributed by atoms with Gasteiger partial charge in [-0.15, -0.1) is 0 Å². The molecule has 1 aliphatic carbocycles. The van der Waals surface area contributed by atoms with Gasteiger partial charge in [-0.2, -0.15) is 0 Å². The molecule has 1 nitrogen and oxygen atoms in total. The molecule has 1 heteroatoms. The van der Waals surface area contributed by atoms with Gasteiger partial charge in [0.1, 0.15) is 0 Å². The molecule has 0 saturated heterocycles. The topological polar surface area (TPSA) is 12.0 Å². The fourth-order valence-electron chi connectivity index (χ4n) is 3.69. The van der Waals surface area contributed by atoms with Crippen LogP contribution in [0.2, 0.25) is 0 Å². The van der Waals surface area contributed by atoms with Gasteiger partial charge in [0.05, 0.1) is 0 Å². The summed E-state index contributed by atoms with van der Waals surface area (Å²) in [5, 5.41) is 3.55. The molecule has 2 rings (SSSR count). The van der Waals surface area contributed by atoms with Gasteiger partial charge in [-0.3, -0.25) is 0 Å². The lowest BCUT2D eigenvalue weighted by Crippen LogP contribution is -2.19.